The highest BCUT2D eigenvalue weighted by Crippen LogP contribution is 2.16. The van der Waals surface area contributed by atoms with E-state index < -0.39 is 12.0 Å². The minimum absolute atomic E-state index is 0.413. The van der Waals surface area contributed by atoms with Gasteiger partial charge in [-0.3, -0.25) is 0 Å². The van der Waals surface area contributed by atoms with E-state index in [0.717, 1.165) is 5.56 Å². The second kappa shape index (κ2) is 4.45. The molecule has 0 heterocycles. The van der Waals surface area contributed by atoms with E-state index in [9.17, 15) is 9.59 Å². The Labute approximate surface area is 87.2 Å². The Balaban J connectivity index is 2.97. The number of urea groups is 1. The molecule has 0 radical (unpaired) electrons. The molecule has 1 aromatic rings. The van der Waals surface area contributed by atoms with Crippen molar-refractivity contribution in [2.24, 2.45) is 5.73 Å². The van der Waals surface area contributed by atoms with Crippen LogP contribution in [0.15, 0.2) is 18.2 Å². The van der Waals surface area contributed by atoms with Gasteiger partial charge in [0, 0.05) is 5.69 Å². The van der Waals surface area contributed by atoms with Crippen LogP contribution in [-0.2, 0) is 4.74 Å². The highest BCUT2D eigenvalue weighted by molar-refractivity contribution is 5.92. The predicted octanol–water partition coefficient (Wildman–Crippen LogP) is 1.27. The molecular formula is C10H12N2O3. The molecule has 1 aromatic carbocycles. The summed E-state index contributed by atoms with van der Waals surface area (Å²) >= 11 is 0. The topological polar surface area (TPSA) is 81.4 Å². The van der Waals surface area contributed by atoms with Crippen LogP contribution >= 0.6 is 0 Å². The van der Waals surface area contributed by atoms with Crippen LogP contribution in [0.2, 0.25) is 0 Å². The number of methoxy groups -OCH3 is 1. The molecule has 5 nitrogen and oxygen atoms in total. The average molecular weight is 208 g/mol. The van der Waals surface area contributed by atoms with Crippen molar-refractivity contribution in [3.8, 4) is 0 Å². The molecule has 80 valence electrons. The number of hydrogen-bond acceptors (Lipinski definition) is 3. The van der Waals surface area contributed by atoms with Crippen molar-refractivity contribution < 1.29 is 14.3 Å². The molecule has 0 aliphatic heterocycles. The first-order chi connectivity index (χ1) is 7.04. The number of carbonyl (C=O) groups excluding carboxylic acids is 2. The number of benzene rings is 1. The molecule has 0 bridgehead atoms. The summed E-state index contributed by atoms with van der Waals surface area (Å²) in [4.78, 5) is 21.8. The maximum absolute atomic E-state index is 11.2. The van der Waals surface area contributed by atoms with Gasteiger partial charge in [-0.1, -0.05) is 0 Å². The first-order valence-corrected chi connectivity index (χ1v) is 4.30. The van der Waals surface area contributed by atoms with Gasteiger partial charge in [-0.25, -0.2) is 9.59 Å². The van der Waals surface area contributed by atoms with Crippen LogP contribution in [0.1, 0.15) is 15.9 Å². The molecule has 0 aromatic heterocycles. The summed E-state index contributed by atoms with van der Waals surface area (Å²) in [6, 6.07) is 4.15. The van der Waals surface area contributed by atoms with E-state index in [-0.39, 0.29) is 0 Å². The molecule has 5 heteroatoms. The lowest BCUT2D eigenvalue weighted by molar-refractivity contribution is 0.0600. The Morgan fingerprint density at radius 1 is 1.40 bits per heavy atom. The summed E-state index contributed by atoms with van der Waals surface area (Å²) in [7, 11) is 1.31. The van der Waals surface area contributed by atoms with E-state index in [4.69, 9.17) is 5.73 Å². The van der Waals surface area contributed by atoms with Crippen molar-refractivity contribution >= 4 is 17.7 Å². The molecule has 0 aliphatic rings. The standard InChI is InChI=1S/C10H12N2O3/c1-6-5-7(9(13)15-2)3-4-8(6)12-10(11)14/h3-5H,1-2H3,(H3,11,12,14). The second-order valence-electron chi connectivity index (χ2n) is 3.01. The molecule has 3 N–H and O–H groups in total. The van der Waals surface area contributed by atoms with Crippen LogP contribution in [0.25, 0.3) is 0 Å². The maximum atomic E-state index is 11.2. The van der Waals surface area contributed by atoms with Gasteiger partial charge in [-0.2, -0.15) is 0 Å². The number of rotatable bonds is 2. The molecule has 0 fully saturated rings. The molecule has 0 spiro atoms. The van der Waals surface area contributed by atoms with Gasteiger partial charge in [0.15, 0.2) is 0 Å². The minimum Gasteiger partial charge on any atom is -0.465 e. The van der Waals surface area contributed by atoms with Crippen LogP contribution in [0.4, 0.5) is 10.5 Å². The van der Waals surface area contributed by atoms with Gasteiger partial charge >= 0.3 is 12.0 Å². The van der Waals surface area contributed by atoms with Gasteiger partial charge in [-0.15, -0.1) is 0 Å². The number of hydrogen-bond donors (Lipinski definition) is 2. The highest BCUT2D eigenvalue weighted by atomic mass is 16.5. The molecule has 0 atom stereocenters. The summed E-state index contributed by atoms with van der Waals surface area (Å²) in [5, 5.41) is 2.44. The quantitative estimate of drug-likeness (QED) is 0.718. The number of primary amides is 1. The minimum atomic E-state index is -0.635. The van der Waals surface area contributed by atoms with Crippen molar-refractivity contribution in [2.75, 3.05) is 12.4 Å². The van der Waals surface area contributed by atoms with Crippen molar-refractivity contribution in [2.45, 2.75) is 6.92 Å². The number of nitrogens with two attached hydrogens (primary N) is 1. The van der Waals surface area contributed by atoms with Crippen molar-refractivity contribution in [3.05, 3.63) is 29.3 Å². The third kappa shape index (κ3) is 2.70. The van der Waals surface area contributed by atoms with E-state index in [1.54, 1.807) is 25.1 Å². The normalized spacial score (nSPS) is 9.47. The summed E-state index contributed by atoms with van der Waals surface area (Å²) in [6.07, 6.45) is 0. The summed E-state index contributed by atoms with van der Waals surface area (Å²) in [5.41, 5.74) is 6.74. The lowest BCUT2D eigenvalue weighted by atomic mass is 10.1. The first kappa shape index (κ1) is 11.0. The van der Waals surface area contributed by atoms with E-state index in [1.165, 1.54) is 7.11 Å². The second-order valence-corrected chi connectivity index (χ2v) is 3.01. The molecule has 15 heavy (non-hydrogen) atoms. The number of carbonyl (C=O) groups is 2. The zero-order valence-corrected chi connectivity index (χ0v) is 8.53. The van der Waals surface area contributed by atoms with Crippen LogP contribution in [0.3, 0.4) is 0 Å². The molecule has 0 saturated carbocycles. The number of esters is 1. The smallest absolute Gasteiger partial charge is 0.337 e. The number of amides is 2. The van der Waals surface area contributed by atoms with Crippen LogP contribution in [0, 0.1) is 6.92 Å². The fourth-order valence-corrected chi connectivity index (χ4v) is 1.18. The monoisotopic (exact) mass is 208 g/mol. The van der Waals surface area contributed by atoms with E-state index in [2.05, 4.69) is 10.1 Å². The Morgan fingerprint density at radius 2 is 2.07 bits per heavy atom. The Hall–Kier alpha value is -2.04. The number of ether oxygens (including phenoxy) is 1. The van der Waals surface area contributed by atoms with Crippen molar-refractivity contribution in [3.63, 3.8) is 0 Å². The van der Waals surface area contributed by atoms with E-state index >= 15 is 0 Å². The fourth-order valence-electron chi connectivity index (χ4n) is 1.18. The van der Waals surface area contributed by atoms with Crippen molar-refractivity contribution in [1.29, 1.82) is 0 Å². The fraction of sp³-hybridized carbons (Fsp3) is 0.200. The molecule has 0 aliphatic carbocycles. The average Bonchev–Trinajstić information content (AvgIpc) is 2.19. The number of nitrogens with one attached hydrogen (secondary N) is 1. The lowest BCUT2D eigenvalue weighted by Crippen LogP contribution is -2.20. The summed E-state index contributed by atoms with van der Waals surface area (Å²) in [5.74, 6) is -0.413. The van der Waals surface area contributed by atoms with E-state index in [1.807, 2.05) is 0 Å². The predicted molar refractivity (Wildman–Crippen MR) is 55.7 cm³/mol. The van der Waals surface area contributed by atoms with Gasteiger partial charge in [0.05, 0.1) is 12.7 Å². The van der Waals surface area contributed by atoms with Gasteiger partial charge in [-0.05, 0) is 30.7 Å². The lowest BCUT2D eigenvalue weighted by Gasteiger charge is -2.07. The van der Waals surface area contributed by atoms with E-state index in [0.29, 0.717) is 11.3 Å². The molecule has 2 amide bonds. The first-order valence-electron chi connectivity index (χ1n) is 4.30. The zero-order valence-electron chi connectivity index (χ0n) is 8.53. The maximum Gasteiger partial charge on any atom is 0.337 e. The Bertz CT molecular complexity index is 402. The van der Waals surface area contributed by atoms with Gasteiger partial charge in [0.2, 0.25) is 0 Å². The van der Waals surface area contributed by atoms with Crippen LogP contribution < -0.4 is 11.1 Å². The summed E-state index contributed by atoms with van der Waals surface area (Å²) < 4.78 is 4.56. The SMILES string of the molecule is COC(=O)c1ccc(NC(N)=O)c(C)c1. The number of anilines is 1. The zero-order chi connectivity index (χ0) is 11.4. The Morgan fingerprint density at radius 3 is 2.53 bits per heavy atom. The third-order valence-corrected chi connectivity index (χ3v) is 1.91. The Kier molecular flexibility index (Phi) is 3.28. The van der Waals surface area contributed by atoms with Gasteiger partial charge < -0.3 is 15.8 Å². The highest BCUT2D eigenvalue weighted by Gasteiger charge is 2.07. The third-order valence-electron chi connectivity index (χ3n) is 1.91. The van der Waals surface area contributed by atoms with Crippen molar-refractivity contribution in [1.82, 2.24) is 0 Å². The molecule has 0 saturated heterocycles. The summed E-state index contributed by atoms with van der Waals surface area (Å²) in [6.45, 7) is 1.76. The molecule has 0 unspecified atom stereocenters. The van der Waals surface area contributed by atoms with Gasteiger partial charge in [0.25, 0.3) is 0 Å². The largest absolute Gasteiger partial charge is 0.465 e. The molecule has 1 rings (SSSR count). The molecular weight excluding hydrogens is 196 g/mol. The van der Waals surface area contributed by atoms with Gasteiger partial charge in [0.1, 0.15) is 0 Å². The van der Waals surface area contributed by atoms with Crippen LogP contribution in [0.5, 0.6) is 0 Å². The number of aryl methyl sites for hydroxylation is 1. The van der Waals surface area contributed by atoms with Crippen LogP contribution in [-0.4, -0.2) is 19.1 Å².